The van der Waals surface area contributed by atoms with Crippen molar-refractivity contribution in [2.24, 2.45) is 0 Å². The first-order valence-electron chi connectivity index (χ1n) is 7.11. The molecular formula is C16H26BrNO2. The van der Waals surface area contributed by atoms with E-state index in [1.54, 1.807) is 7.11 Å². The molecule has 0 aliphatic heterocycles. The van der Waals surface area contributed by atoms with Crippen molar-refractivity contribution in [3.63, 3.8) is 0 Å². The van der Waals surface area contributed by atoms with E-state index in [0.29, 0.717) is 12.6 Å². The van der Waals surface area contributed by atoms with Gasteiger partial charge in [0.1, 0.15) is 5.75 Å². The number of halogens is 1. The van der Waals surface area contributed by atoms with Gasteiger partial charge in [0.05, 0.1) is 20.3 Å². The minimum atomic E-state index is 0.508. The van der Waals surface area contributed by atoms with Crippen LogP contribution in [-0.2, 0) is 11.2 Å². The third-order valence-corrected chi connectivity index (χ3v) is 4.11. The maximum Gasteiger partial charge on any atom is 0.125 e. The van der Waals surface area contributed by atoms with Crippen molar-refractivity contribution >= 4 is 15.9 Å². The zero-order chi connectivity index (χ0) is 15.1. The second-order valence-electron chi connectivity index (χ2n) is 5.28. The molecule has 0 spiro atoms. The van der Waals surface area contributed by atoms with Crippen molar-refractivity contribution in [2.45, 2.75) is 40.2 Å². The second kappa shape index (κ2) is 8.65. The Morgan fingerprint density at radius 3 is 2.55 bits per heavy atom. The van der Waals surface area contributed by atoms with E-state index < -0.39 is 0 Å². The highest BCUT2D eigenvalue weighted by Crippen LogP contribution is 2.32. The van der Waals surface area contributed by atoms with E-state index in [1.165, 1.54) is 11.1 Å². The molecule has 1 rings (SSSR count). The number of methoxy groups -OCH3 is 1. The molecule has 1 N–H and O–H groups in total. The maximum absolute atomic E-state index is 5.69. The molecule has 0 saturated heterocycles. The highest BCUT2D eigenvalue weighted by atomic mass is 79.9. The predicted molar refractivity (Wildman–Crippen MR) is 87.8 cm³/mol. The first-order chi connectivity index (χ1) is 9.47. The molecule has 4 heteroatoms. The normalized spacial score (nSPS) is 11.2. The van der Waals surface area contributed by atoms with E-state index >= 15 is 0 Å². The molecule has 0 fully saturated rings. The largest absolute Gasteiger partial charge is 0.496 e. The molecular weight excluding hydrogens is 318 g/mol. The molecule has 0 aliphatic carbocycles. The molecule has 0 aliphatic rings. The fourth-order valence-corrected chi connectivity index (χ4v) is 2.78. The highest BCUT2D eigenvalue weighted by Gasteiger charge is 2.12. The van der Waals surface area contributed by atoms with Crippen molar-refractivity contribution in [3.8, 4) is 5.75 Å². The molecule has 0 amide bonds. The van der Waals surface area contributed by atoms with Gasteiger partial charge in [-0.1, -0.05) is 29.8 Å². The van der Waals surface area contributed by atoms with Crippen LogP contribution in [0.25, 0.3) is 0 Å². The number of hydrogen-bond donors (Lipinski definition) is 1. The summed E-state index contributed by atoms with van der Waals surface area (Å²) in [5, 5.41) is 3.34. The van der Waals surface area contributed by atoms with Gasteiger partial charge in [-0.15, -0.1) is 0 Å². The predicted octanol–water partition coefficient (Wildman–Crippen LogP) is 3.63. The Bertz CT molecular complexity index is 433. The third kappa shape index (κ3) is 5.08. The molecule has 20 heavy (non-hydrogen) atoms. The zero-order valence-electron chi connectivity index (χ0n) is 13.2. The Morgan fingerprint density at radius 2 is 1.95 bits per heavy atom. The molecule has 3 nitrogen and oxygen atoms in total. The van der Waals surface area contributed by atoms with Crippen molar-refractivity contribution in [2.75, 3.05) is 26.9 Å². The van der Waals surface area contributed by atoms with Crippen molar-refractivity contribution < 1.29 is 9.47 Å². The van der Waals surface area contributed by atoms with Gasteiger partial charge >= 0.3 is 0 Å². The van der Waals surface area contributed by atoms with Gasteiger partial charge in [-0.3, -0.25) is 0 Å². The molecule has 1 aromatic carbocycles. The smallest absolute Gasteiger partial charge is 0.125 e. The Labute approximate surface area is 131 Å². The monoisotopic (exact) mass is 343 g/mol. The number of hydrogen-bond acceptors (Lipinski definition) is 3. The Kier molecular flexibility index (Phi) is 7.56. The standard InChI is InChI=1S/C16H26BrNO2/c1-11(2)18-7-9-20-8-6-14-13(4)15(17)10-12(3)16(14)19-5/h10-11,18H,6-9H2,1-5H3. The minimum absolute atomic E-state index is 0.508. The van der Waals surface area contributed by atoms with Gasteiger partial charge in [-0.05, 0) is 37.5 Å². The van der Waals surface area contributed by atoms with Crippen molar-refractivity contribution in [1.29, 1.82) is 0 Å². The van der Waals surface area contributed by atoms with Gasteiger partial charge in [0.25, 0.3) is 0 Å². The van der Waals surface area contributed by atoms with Crippen LogP contribution in [0, 0.1) is 13.8 Å². The lowest BCUT2D eigenvalue weighted by atomic mass is 10.0. The quantitative estimate of drug-likeness (QED) is 0.731. The van der Waals surface area contributed by atoms with E-state index in [0.717, 1.165) is 35.4 Å². The zero-order valence-corrected chi connectivity index (χ0v) is 14.8. The highest BCUT2D eigenvalue weighted by molar-refractivity contribution is 9.10. The van der Waals surface area contributed by atoms with Crippen LogP contribution in [0.3, 0.4) is 0 Å². The first-order valence-corrected chi connectivity index (χ1v) is 7.90. The summed E-state index contributed by atoms with van der Waals surface area (Å²) >= 11 is 3.60. The number of rotatable bonds is 8. The molecule has 0 aromatic heterocycles. The van der Waals surface area contributed by atoms with Crippen molar-refractivity contribution in [1.82, 2.24) is 5.32 Å². The Hall–Kier alpha value is -0.580. The molecule has 0 atom stereocenters. The van der Waals surface area contributed by atoms with Gasteiger partial charge in [0, 0.05) is 22.6 Å². The number of benzene rings is 1. The van der Waals surface area contributed by atoms with E-state index in [9.17, 15) is 0 Å². The summed E-state index contributed by atoms with van der Waals surface area (Å²) in [6.45, 7) is 10.8. The van der Waals surface area contributed by atoms with Crippen LogP contribution < -0.4 is 10.1 Å². The van der Waals surface area contributed by atoms with E-state index in [4.69, 9.17) is 9.47 Å². The topological polar surface area (TPSA) is 30.5 Å². The lowest BCUT2D eigenvalue weighted by molar-refractivity contribution is 0.137. The average molecular weight is 344 g/mol. The number of aryl methyl sites for hydroxylation is 1. The summed E-state index contributed by atoms with van der Waals surface area (Å²) in [6.07, 6.45) is 0.872. The molecule has 114 valence electrons. The van der Waals surface area contributed by atoms with Crippen LogP contribution in [0.2, 0.25) is 0 Å². The summed E-state index contributed by atoms with van der Waals surface area (Å²) in [7, 11) is 1.73. The number of nitrogens with one attached hydrogen (secondary N) is 1. The lowest BCUT2D eigenvalue weighted by Gasteiger charge is -2.16. The molecule has 0 bridgehead atoms. The molecule has 0 unspecified atom stereocenters. The minimum Gasteiger partial charge on any atom is -0.496 e. The van der Waals surface area contributed by atoms with E-state index in [1.807, 2.05) is 0 Å². The van der Waals surface area contributed by atoms with Gasteiger partial charge in [-0.2, -0.15) is 0 Å². The summed E-state index contributed by atoms with van der Waals surface area (Å²) in [6, 6.07) is 2.61. The number of ether oxygens (including phenoxy) is 2. The maximum atomic E-state index is 5.69. The van der Waals surface area contributed by atoms with Gasteiger partial charge in [0.2, 0.25) is 0 Å². The summed E-state index contributed by atoms with van der Waals surface area (Å²) < 4.78 is 12.4. The van der Waals surface area contributed by atoms with Gasteiger partial charge in [-0.25, -0.2) is 0 Å². The van der Waals surface area contributed by atoms with Crippen LogP contribution in [0.5, 0.6) is 5.75 Å². The van der Waals surface area contributed by atoms with E-state index in [-0.39, 0.29) is 0 Å². The molecule has 0 saturated carbocycles. The van der Waals surface area contributed by atoms with Crippen LogP contribution in [0.15, 0.2) is 10.5 Å². The molecule has 0 radical (unpaired) electrons. The first kappa shape index (κ1) is 17.5. The van der Waals surface area contributed by atoms with E-state index in [2.05, 4.69) is 55.0 Å². The summed E-state index contributed by atoms with van der Waals surface area (Å²) in [4.78, 5) is 0. The SMILES string of the molecule is COc1c(C)cc(Br)c(C)c1CCOCCNC(C)C. The third-order valence-electron chi connectivity index (χ3n) is 3.29. The molecule has 1 aromatic rings. The van der Waals surface area contributed by atoms with Crippen LogP contribution >= 0.6 is 15.9 Å². The fourth-order valence-electron chi connectivity index (χ4n) is 2.20. The van der Waals surface area contributed by atoms with Gasteiger partial charge in [0.15, 0.2) is 0 Å². The average Bonchev–Trinajstić information content (AvgIpc) is 2.38. The van der Waals surface area contributed by atoms with Crippen LogP contribution in [-0.4, -0.2) is 32.9 Å². The Morgan fingerprint density at radius 1 is 1.25 bits per heavy atom. The fraction of sp³-hybridized carbons (Fsp3) is 0.625. The summed E-state index contributed by atoms with van der Waals surface area (Å²) in [5.74, 6) is 0.981. The van der Waals surface area contributed by atoms with Gasteiger partial charge < -0.3 is 14.8 Å². The van der Waals surface area contributed by atoms with Crippen LogP contribution in [0.1, 0.15) is 30.5 Å². The van der Waals surface area contributed by atoms with Crippen molar-refractivity contribution in [3.05, 3.63) is 27.2 Å². The molecule has 0 heterocycles. The lowest BCUT2D eigenvalue weighted by Crippen LogP contribution is -2.26. The van der Waals surface area contributed by atoms with Crippen LogP contribution in [0.4, 0.5) is 0 Å². The Balaban J connectivity index is 2.55. The summed E-state index contributed by atoms with van der Waals surface area (Å²) in [5.41, 5.74) is 3.62. The second-order valence-corrected chi connectivity index (χ2v) is 6.14.